The van der Waals surface area contributed by atoms with Crippen molar-refractivity contribution in [2.24, 2.45) is 0 Å². The van der Waals surface area contributed by atoms with Gasteiger partial charge in [0.25, 0.3) is 0 Å². The molecule has 1 fully saturated rings. The molecule has 1 rings (SSSR count). The van der Waals surface area contributed by atoms with Gasteiger partial charge in [-0.25, -0.2) is 0 Å². The van der Waals surface area contributed by atoms with Crippen molar-refractivity contribution in [1.82, 2.24) is 4.90 Å². The molecule has 3 nitrogen and oxygen atoms in total. The van der Waals surface area contributed by atoms with E-state index in [9.17, 15) is 5.11 Å². The molecule has 0 aromatic heterocycles. The number of nitrogens with zero attached hydrogens (tertiary/aromatic N) is 1. The molecule has 1 heterocycles. The summed E-state index contributed by atoms with van der Waals surface area (Å²) in [7, 11) is 1.76. The number of aliphatic hydroxyl groups is 1. The van der Waals surface area contributed by atoms with Crippen LogP contribution in [0.4, 0.5) is 0 Å². The molecule has 0 unspecified atom stereocenters. The number of ether oxygens (including phenoxy) is 1. The van der Waals surface area contributed by atoms with Crippen LogP contribution in [0, 0.1) is 0 Å². The van der Waals surface area contributed by atoms with Gasteiger partial charge in [-0.15, -0.1) is 0 Å². The van der Waals surface area contributed by atoms with E-state index < -0.39 is 5.60 Å². The van der Waals surface area contributed by atoms with E-state index in [1.165, 1.54) is 0 Å². The molecule has 1 aliphatic heterocycles. The third-order valence-electron chi connectivity index (χ3n) is 3.52. The van der Waals surface area contributed by atoms with Crippen LogP contribution < -0.4 is 0 Å². The van der Waals surface area contributed by atoms with Crippen molar-refractivity contribution in [3.63, 3.8) is 0 Å². The van der Waals surface area contributed by atoms with E-state index in [1.807, 2.05) is 6.92 Å². The van der Waals surface area contributed by atoms with Crippen LogP contribution in [0.5, 0.6) is 0 Å². The maximum atomic E-state index is 9.82. The first-order valence-corrected chi connectivity index (χ1v) is 5.85. The molecule has 0 spiro atoms. The quantitative estimate of drug-likeness (QED) is 0.774. The fraction of sp³-hybridized carbons (Fsp3) is 1.00. The molecule has 3 heteroatoms. The molecule has 15 heavy (non-hydrogen) atoms. The first-order valence-electron chi connectivity index (χ1n) is 5.85. The molecule has 90 valence electrons. The number of likely N-dealkylation sites (tertiary alicyclic amines) is 1. The summed E-state index contributed by atoms with van der Waals surface area (Å²) in [5, 5.41) is 9.82. The summed E-state index contributed by atoms with van der Waals surface area (Å²) in [4.78, 5) is 2.42. The predicted molar refractivity (Wildman–Crippen MR) is 62.0 cm³/mol. The molecular formula is C12H25NO2. The Hall–Kier alpha value is -0.120. The van der Waals surface area contributed by atoms with Crippen molar-refractivity contribution in [2.45, 2.75) is 51.2 Å². The second kappa shape index (κ2) is 4.81. The molecule has 1 aliphatic rings. The van der Waals surface area contributed by atoms with Gasteiger partial charge in [-0.05, 0) is 40.0 Å². The number of hydrogen-bond acceptors (Lipinski definition) is 3. The second-order valence-corrected chi connectivity index (χ2v) is 5.55. The van der Waals surface area contributed by atoms with Crippen LogP contribution in [-0.4, -0.2) is 48.0 Å². The molecule has 1 N–H and O–H groups in total. The summed E-state index contributed by atoms with van der Waals surface area (Å²) in [6.45, 7) is 9.25. The van der Waals surface area contributed by atoms with E-state index in [0.717, 1.165) is 38.9 Å². The monoisotopic (exact) mass is 215 g/mol. The van der Waals surface area contributed by atoms with Crippen molar-refractivity contribution in [2.75, 3.05) is 26.7 Å². The van der Waals surface area contributed by atoms with Crippen molar-refractivity contribution < 1.29 is 9.84 Å². The van der Waals surface area contributed by atoms with E-state index in [0.29, 0.717) is 0 Å². The van der Waals surface area contributed by atoms with Crippen LogP contribution in [0.25, 0.3) is 0 Å². The van der Waals surface area contributed by atoms with Crippen LogP contribution in [0.2, 0.25) is 0 Å². The van der Waals surface area contributed by atoms with Crippen LogP contribution in [0.15, 0.2) is 0 Å². The minimum atomic E-state index is -0.437. The third-order valence-corrected chi connectivity index (χ3v) is 3.52. The zero-order chi connectivity index (χ0) is 11.5. The van der Waals surface area contributed by atoms with Gasteiger partial charge >= 0.3 is 0 Å². The lowest BCUT2D eigenvalue weighted by Crippen LogP contribution is -2.44. The third kappa shape index (κ3) is 4.49. The topological polar surface area (TPSA) is 32.7 Å². The number of methoxy groups -OCH3 is 1. The molecule has 0 saturated carbocycles. The van der Waals surface area contributed by atoms with Crippen molar-refractivity contribution in [3.8, 4) is 0 Å². The van der Waals surface area contributed by atoms with E-state index >= 15 is 0 Å². The van der Waals surface area contributed by atoms with Gasteiger partial charge in [0.15, 0.2) is 0 Å². The van der Waals surface area contributed by atoms with Gasteiger partial charge in [0, 0.05) is 26.7 Å². The van der Waals surface area contributed by atoms with E-state index in [4.69, 9.17) is 4.74 Å². The summed E-state index contributed by atoms with van der Waals surface area (Å²) in [6.07, 6.45) is 2.83. The van der Waals surface area contributed by atoms with Crippen LogP contribution >= 0.6 is 0 Å². The molecule has 1 saturated heterocycles. The number of piperidine rings is 1. The molecule has 0 aromatic carbocycles. The molecule has 0 amide bonds. The fourth-order valence-corrected chi connectivity index (χ4v) is 1.79. The summed E-state index contributed by atoms with van der Waals surface area (Å²) in [5.74, 6) is 0. The van der Waals surface area contributed by atoms with E-state index in [1.54, 1.807) is 7.11 Å². The Balaban J connectivity index is 2.25. The maximum Gasteiger partial charge on any atom is 0.0644 e. The Morgan fingerprint density at radius 1 is 1.33 bits per heavy atom. The Labute approximate surface area is 93.4 Å². The van der Waals surface area contributed by atoms with Gasteiger partial charge in [0.2, 0.25) is 0 Å². The summed E-state index contributed by atoms with van der Waals surface area (Å²) in [5.41, 5.74) is -0.465. The summed E-state index contributed by atoms with van der Waals surface area (Å²) < 4.78 is 5.39. The zero-order valence-corrected chi connectivity index (χ0v) is 10.5. The fourth-order valence-electron chi connectivity index (χ4n) is 1.79. The van der Waals surface area contributed by atoms with Crippen LogP contribution in [0.3, 0.4) is 0 Å². The van der Waals surface area contributed by atoms with Gasteiger partial charge < -0.3 is 14.7 Å². The highest BCUT2D eigenvalue weighted by Gasteiger charge is 2.28. The molecule has 0 aliphatic carbocycles. The average Bonchev–Trinajstić information content (AvgIpc) is 2.16. The second-order valence-electron chi connectivity index (χ2n) is 5.55. The molecule has 0 atom stereocenters. The smallest absolute Gasteiger partial charge is 0.0644 e. The summed E-state index contributed by atoms with van der Waals surface area (Å²) >= 11 is 0. The first-order chi connectivity index (χ1) is 6.85. The first kappa shape index (κ1) is 12.9. The molecule has 0 bridgehead atoms. The Kier molecular flexibility index (Phi) is 4.15. The van der Waals surface area contributed by atoms with Gasteiger partial charge in [0.1, 0.15) is 0 Å². The van der Waals surface area contributed by atoms with Crippen LogP contribution in [0.1, 0.15) is 40.0 Å². The minimum absolute atomic E-state index is 0.0278. The predicted octanol–water partition coefficient (Wildman–Crippen LogP) is 1.65. The largest absolute Gasteiger partial charge is 0.390 e. The van der Waals surface area contributed by atoms with E-state index in [-0.39, 0.29) is 5.60 Å². The van der Waals surface area contributed by atoms with Crippen molar-refractivity contribution in [3.05, 3.63) is 0 Å². The average molecular weight is 215 g/mol. The lowest BCUT2D eigenvalue weighted by Gasteiger charge is -2.37. The van der Waals surface area contributed by atoms with Gasteiger partial charge in [-0.3, -0.25) is 0 Å². The van der Waals surface area contributed by atoms with Gasteiger partial charge in [-0.2, -0.15) is 0 Å². The SMILES string of the molecule is COC(C)(C)CCN1CCC(C)(O)CC1. The maximum absolute atomic E-state index is 9.82. The molecule has 0 radical (unpaired) electrons. The zero-order valence-electron chi connectivity index (χ0n) is 10.5. The Morgan fingerprint density at radius 3 is 2.33 bits per heavy atom. The lowest BCUT2D eigenvalue weighted by molar-refractivity contribution is -0.0217. The summed E-state index contributed by atoms with van der Waals surface area (Å²) in [6, 6.07) is 0. The highest BCUT2D eigenvalue weighted by atomic mass is 16.5. The molecule has 0 aromatic rings. The highest BCUT2D eigenvalue weighted by Crippen LogP contribution is 2.22. The highest BCUT2D eigenvalue weighted by molar-refractivity contribution is 4.82. The Bertz CT molecular complexity index is 192. The van der Waals surface area contributed by atoms with Crippen molar-refractivity contribution >= 4 is 0 Å². The normalized spacial score (nSPS) is 23.0. The minimum Gasteiger partial charge on any atom is -0.390 e. The lowest BCUT2D eigenvalue weighted by atomic mass is 9.93. The standard InChI is InChI=1S/C12H25NO2/c1-11(2,15-4)5-8-13-9-6-12(3,14)7-10-13/h14H,5-10H2,1-4H3. The number of hydrogen-bond donors (Lipinski definition) is 1. The van der Waals surface area contributed by atoms with Crippen LogP contribution in [-0.2, 0) is 4.74 Å². The molecular weight excluding hydrogens is 190 g/mol. The number of rotatable bonds is 4. The van der Waals surface area contributed by atoms with E-state index in [2.05, 4.69) is 18.7 Å². The Morgan fingerprint density at radius 2 is 1.87 bits per heavy atom. The van der Waals surface area contributed by atoms with Gasteiger partial charge in [0.05, 0.1) is 11.2 Å². The van der Waals surface area contributed by atoms with Gasteiger partial charge in [-0.1, -0.05) is 0 Å². The van der Waals surface area contributed by atoms with Crippen molar-refractivity contribution in [1.29, 1.82) is 0 Å².